The number of ether oxygens (including phenoxy) is 2. The predicted octanol–water partition coefficient (Wildman–Crippen LogP) is 2.64. The van der Waals surface area contributed by atoms with Crippen molar-refractivity contribution in [1.29, 1.82) is 0 Å². The lowest BCUT2D eigenvalue weighted by Gasteiger charge is -2.17. The van der Waals surface area contributed by atoms with Gasteiger partial charge in [-0.05, 0) is 30.0 Å². The molecular formula is C16H23NO2. The fraction of sp³-hybridized carbons (Fsp3) is 0.500. The van der Waals surface area contributed by atoms with Crippen LogP contribution in [0.5, 0.6) is 5.75 Å². The Morgan fingerprint density at radius 2 is 2.26 bits per heavy atom. The SMILES string of the molecule is C=CCc1cc(CN2CC[C@@H](OC)C2)ccc1OC. The molecule has 1 aromatic carbocycles. The molecule has 0 aromatic heterocycles. The summed E-state index contributed by atoms with van der Waals surface area (Å²) in [5.74, 6) is 0.944. The van der Waals surface area contributed by atoms with E-state index in [1.54, 1.807) is 14.2 Å². The maximum atomic E-state index is 5.40. The third kappa shape index (κ3) is 3.58. The maximum absolute atomic E-state index is 5.40. The fourth-order valence-corrected chi connectivity index (χ4v) is 2.64. The first-order valence-electron chi connectivity index (χ1n) is 6.78. The zero-order valence-electron chi connectivity index (χ0n) is 11.9. The summed E-state index contributed by atoms with van der Waals surface area (Å²) < 4.78 is 10.8. The van der Waals surface area contributed by atoms with Crippen LogP contribution in [-0.2, 0) is 17.7 Å². The monoisotopic (exact) mass is 261 g/mol. The van der Waals surface area contributed by atoms with E-state index < -0.39 is 0 Å². The normalized spacial score (nSPS) is 19.6. The van der Waals surface area contributed by atoms with Gasteiger partial charge in [0.25, 0.3) is 0 Å². The molecule has 0 amide bonds. The Kier molecular flexibility index (Phi) is 5.00. The molecule has 1 saturated heterocycles. The summed E-state index contributed by atoms with van der Waals surface area (Å²) in [7, 11) is 3.51. The van der Waals surface area contributed by atoms with Crippen LogP contribution in [0.4, 0.5) is 0 Å². The molecule has 2 rings (SSSR count). The Balaban J connectivity index is 2.04. The van der Waals surface area contributed by atoms with Crippen LogP contribution in [-0.4, -0.2) is 38.3 Å². The fourth-order valence-electron chi connectivity index (χ4n) is 2.64. The van der Waals surface area contributed by atoms with E-state index in [1.807, 2.05) is 6.08 Å². The van der Waals surface area contributed by atoms with Crippen LogP contribution in [0.2, 0.25) is 0 Å². The first-order valence-corrected chi connectivity index (χ1v) is 6.78. The molecule has 0 spiro atoms. The minimum Gasteiger partial charge on any atom is -0.496 e. The first-order chi connectivity index (χ1) is 9.26. The highest BCUT2D eigenvalue weighted by Crippen LogP contribution is 2.23. The van der Waals surface area contributed by atoms with Crippen molar-refractivity contribution >= 4 is 0 Å². The van der Waals surface area contributed by atoms with Crippen LogP contribution in [0.25, 0.3) is 0 Å². The molecule has 1 aliphatic rings. The molecule has 1 fully saturated rings. The molecule has 1 atom stereocenters. The lowest BCUT2D eigenvalue weighted by molar-refractivity contribution is 0.107. The van der Waals surface area contributed by atoms with E-state index in [2.05, 4.69) is 29.7 Å². The van der Waals surface area contributed by atoms with E-state index in [-0.39, 0.29) is 0 Å². The second-order valence-corrected chi connectivity index (χ2v) is 5.02. The van der Waals surface area contributed by atoms with Crippen LogP contribution in [0.15, 0.2) is 30.9 Å². The van der Waals surface area contributed by atoms with E-state index in [4.69, 9.17) is 9.47 Å². The van der Waals surface area contributed by atoms with Crippen LogP contribution in [0, 0.1) is 0 Å². The number of methoxy groups -OCH3 is 2. The standard InChI is InChI=1S/C16H23NO2/c1-4-5-14-10-13(6-7-16(14)19-3)11-17-9-8-15(12-17)18-2/h4,6-7,10,15H,1,5,8-9,11-12H2,2-3H3/t15-/m1/s1. The quantitative estimate of drug-likeness (QED) is 0.735. The summed E-state index contributed by atoms with van der Waals surface area (Å²) in [5.41, 5.74) is 2.53. The Morgan fingerprint density at radius 1 is 1.42 bits per heavy atom. The third-order valence-corrected chi connectivity index (χ3v) is 3.68. The van der Waals surface area contributed by atoms with Crippen molar-refractivity contribution in [2.24, 2.45) is 0 Å². The largest absolute Gasteiger partial charge is 0.496 e. The summed E-state index contributed by atoms with van der Waals surface area (Å²) in [4.78, 5) is 2.44. The van der Waals surface area contributed by atoms with Gasteiger partial charge < -0.3 is 9.47 Å². The van der Waals surface area contributed by atoms with Crippen molar-refractivity contribution in [2.75, 3.05) is 27.3 Å². The number of hydrogen-bond acceptors (Lipinski definition) is 3. The summed E-state index contributed by atoms with van der Waals surface area (Å²) in [6.07, 6.45) is 4.29. The zero-order chi connectivity index (χ0) is 13.7. The van der Waals surface area contributed by atoms with Crippen LogP contribution >= 0.6 is 0 Å². The highest BCUT2D eigenvalue weighted by atomic mass is 16.5. The number of hydrogen-bond donors (Lipinski definition) is 0. The van der Waals surface area contributed by atoms with Gasteiger partial charge in [-0.15, -0.1) is 6.58 Å². The molecule has 1 heterocycles. The molecule has 104 valence electrons. The van der Waals surface area contributed by atoms with E-state index in [9.17, 15) is 0 Å². The molecule has 19 heavy (non-hydrogen) atoms. The average Bonchev–Trinajstić information content (AvgIpc) is 2.87. The lowest BCUT2D eigenvalue weighted by Crippen LogP contribution is -2.22. The van der Waals surface area contributed by atoms with Crippen molar-refractivity contribution in [3.05, 3.63) is 42.0 Å². The predicted molar refractivity (Wildman–Crippen MR) is 77.6 cm³/mol. The second-order valence-electron chi connectivity index (χ2n) is 5.02. The minimum absolute atomic E-state index is 0.394. The number of allylic oxidation sites excluding steroid dienone is 1. The van der Waals surface area contributed by atoms with E-state index in [0.717, 1.165) is 38.2 Å². The second kappa shape index (κ2) is 6.73. The van der Waals surface area contributed by atoms with Gasteiger partial charge in [0.15, 0.2) is 0 Å². The molecule has 0 bridgehead atoms. The van der Waals surface area contributed by atoms with Gasteiger partial charge in [0.2, 0.25) is 0 Å². The molecular weight excluding hydrogens is 238 g/mol. The highest BCUT2D eigenvalue weighted by Gasteiger charge is 2.21. The Hall–Kier alpha value is -1.32. The van der Waals surface area contributed by atoms with Crippen molar-refractivity contribution in [3.8, 4) is 5.75 Å². The van der Waals surface area contributed by atoms with Gasteiger partial charge in [0.1, 0.15) is 5.75 Å². The lowest BCUT2D eigenvalue weighted by atomic mass is 10.1. The van der Waals surface area contributed by atoms with E-state index in [0.29, 0.717) is 6.10 Å². The van der Waals surface area contributed by atoms with Gasteiger partial charge in [0.05, 0.1) is 13.2 Å². The Morgan fingerprint density at radius 3 is 2.89 bits per heavy atom. The van der Waals surface area contributed by atoms with E-state index in [1.165, 1.54) is 11.1 Å². The van der Waals surface area contributed by atoms with E-state index >= 15 is 0 Å². The summed E-state index contributed by atoms with van der Waals surface area (Å²) in [6.45, 7) is 6.92. The first kappa shape index (κ1) is 14.1. The van der Waals surface area contributed by atoms with Crippen LogP contribution in [0.3, 0.4) is 0 Å². The van der Waals surface area contributed by atoms with Gasteiger partial charge in [-0.3, -0.25) is 4.90 Å². The van der Waals surface area contributed by atoms with Crippen molar-refractivity contribution in [2.45, 2.75) is 25.5 Å². The van der Waals surface area contributed by atoms with Gasteiger partial charge in [-0.25, -0.2) is 0 Å². The zero-order valence-corrected chi connectivity index (χ0v) is 11.9. The molecule has 3 nitrogen and oxygen atoms in total. The molecule has 3 heteroatoms. The third-order valence-electron chi connectivity index (χ3n) is 3.68. The summed E-state index contributed by atoms with van der Waals surface area (Å²) in [5, 5.41) is 0. The minimum atomic E-state index is 0.394. The number of rotatable bonds is 6. The molecule has 0 aliphatic carbocycles. The number of likely N-dealkylation sites (tertiary alicyclic amines) is 1. The topological polar surface area (TPSA) is 21.7 Å². The number of benzene rings is 1. The molecule has 0 unspecified atom stereocenters. The Labute approximate surface area is 115 Å². The van der Waals surface area contributed by atoms with Crippen LogP contribution < -0.4 is 4.74 Å². The molecule has 1 aliphatic heterocycles. The van der Waals surface area contributed by atoms with Gasteiger partial charge in [-0.2, -0.15) is 0 Å². The molecule has 0 saturated carbocycles. The maximum Gasteiger partial charge on any atom is 0.122 e. The van der Waals surface area contributed by atoms with Gasteiger partial charge in [-0.1, -0.05) is 18.2 Å². The highest BCUT2D eigenvalue weighted by molar-refractivity contribution is 5.38. The van der Waals surface area contributed by atoms with Crippen molar-refractivity contribution in [1.82, 2.24) is 4.90 Å². The van der Waals surface area contributed by atoms with Gasteiger partial charge in [0, 0.05) is 26.7 Å². The summed E-state index contributed by atoms with van der Waals surface area (Å²) in [6, 6.07) is 6.42. The smallest absolute Gasteiger partial charge is 0.122 e. The summed E-state index contributed by atoms with van der Waals surface area (Å²) >= 11 is 0. The molecule has 0 radical (unpaired) electrons. The Bertz CT molecular complexity index is 431. The van der Waals surface area contributed by atoms with Gasteiger partial charge >= 0.3 is 0 Å². The van der Waals surface area contributed by atoms with Crippen molar-refractivity contribution in [3.63, 3.8) is 0 Å². The molecule has 1 aromatic rings. The van der Waals surface area contributed by atoms with Crippen LogP contribution in [0.1, 0.15) is 17.5 Å². The average molecular weight is 261 g/mol. The van der Waals surface area contributed by atoms with Crippen molar-refractivity contribution < 1.29 is 9.47 Å². The molecule has 0 N–H and O–H groups in total. The number of nitrogens with zero attached hydrogens (tertiary/aromatic N) is 1.